The van der Waals surface area contributed by atoms with Gasteiger partial charge in [-0.3, -0.25) is 14.2 Å². The maximum absolute atomic E-state index is 12.7. The molecule has 0 bridgehead atoms. The van der Waals surface area contributed by atoms with E-state index in [4.69, 9.17) is 11.6 Å². The Kier molecular flexibility index (Phi) is 5.62. The van der Waals surface area contributed by atoms with Gasteiger partial charge in [-0.25, -0.2) is 4.98 Å². The van der Waals surface area contributed by atoms with E-state index in [0.717, 1.165) is 24.3 Å². The van der Waals surface area contributed by atoms with Gasteiger partial charge in [0.1, 0.15) is 6.54 Å². The molecule has 2 heterocycles. The number of carbonyl (C=O) groups excluding carboxylic acids is 1. The van der Waals surface area contributed by atoms with Crippen LogP contribution in [0.15, 0.2) is 71.8 Å². The molecule has 7 heteroatoms. The third kappa shape index (κ3) is 4.49. The molecular formula is C22H21ClN4O2. The van der Waals surface area contributed by atoms with Gasteiger partial charge in [0.2, 0.25) is 5.91 Å². The number of anilines is 1. The van der Waals surface area contributed by atoms with Gasteiger partial charge in [-0.05, 0) is 24.3 Å². The van der Waals surface area contributed by atoms with E-state index in [-0.39, 0.29) is 18.0 Å². The molecule has 1 aliphatic heterocycles. The number of para-hydroxylation sites is 1. The standard InChI is InChI=1S/C22H21ClN4O2/c23-18-8-6-17(7-9-18)20-14-21(28)27(16-24-20)15-22(29)26-12-10-25(11-13-26)19-4-2-1-3-5-19/h1-9,14,16H,10-13,15H2. The molecule has 1 saturated heterocycles. The summed E-state index contributed by atoms with van der Waals surface area (Å²) in [5.74, 6) is -0.0687. The van der Waals surface area contributed by atoms with Crippen molar-refractivity contribution in [1.29, 1.82) is 0 Å². The molecule has 0 spiro atoms. The van der Waals surface area contributed by atoms with Crippen LogP contribution in [-0.4, -0.2) is 46.5 Å². The highest BCUT2D eigenvalue weighted by Gasteiger charge is 2.21. The fourth-order valence-corrected chi connectivity index (χ4v) is 3.55. The van der Waals surface area contributed by atoms with Crippen molar-refractivity contribution >= 4 is 23.2 Å². The Bertz CT molecular complexity index is 1040. The summed E-state index contributed by atoms with van der Waals surface area (Å²) in [4.78, 5) is 33.5. The lowest BCUT2D eigenvalue weighted by atomic mass is 10.1. The fourth-order valence-electron chi connectivity index (χ4n) is 3.42. The molecule has 1 aromatic heterocycles. The maximum atomic E-state index is 12.7. The summed E-state index contributed by atoms with van der Waals surface area (Å²) in [6, 6.07) is 18.7. The second-order valence-electron chi connectivity index (χ2n) is 6.95. The zero-order valence-electron chi connectivity index (χ0n) is 15.9. The van der Waals surface area contributed by atoms with Gasteiger partial charge in [0, 0.05) is 48.5 Å². The minimum absolute atomic E-state index is 0.00192. The topological polar surface area (TPSA) is 58.4 Å². The minimum Gasteiger partial charge on any atom is -0.368 e. The number of halogens is 1. The second kappa shape index (κ2) is 8.49. The zero-order valence-corrected chi connectivity index (χ0v) is 16.6. The van der Waals surface area contributed by atoms with Gasteiger partial charge in [0.15, 0.2) is 0 Å². The molecule has 2 aromatic carbocycles. The number of carbonyl (C=O) groups is 1. The van der Waals surface area contributed by atoms with Crippen molar-refractivity contribution in [2.75, 3.05) is 31.1 Å². The minimum atomic E-state index is -0.249. The summed E-state index contributed by atoms with van der Waals surface area (Å²) in [6.45, 7) is 2.83. The molecule has 4 rings (SSSR count). The number of hydrogen-bond donors (Lipinski definition) is 0. The largest absolute Gasteiger partial charge is 0.368 e. The van der Waals surface area contributed by atoms with Crippen molar-refractivity contribution in [1.82, 2.24) is 14.5 Å². The first-order valence-corrected chi connectivity index (χ1v) is 9.88. The molecular weight excluding hydrogens is 388 g/mol. The normalized spacial score (nSPS) is 14.1. The third-order valence-electron chi connectivity index (χ3n) is 5.08. The quantitative estimate of drug-likeness (QED) is 0.666. The molecule has 1 fully saturated rings. The fraction of sp³-hybridized carbons (Fsp3) is 0.227. The van der Waals surface area contributed by atoms with Gasteiger partial charge in [-0.15, -0.1) is 0 Å². The van der Waals surface area contributed by atoms with Crippen LogP contribution >= 0.6 is 11.6 Å². The summed E-state index contributed by atoms with van der Waals surface area (Å²) >= 11 is 5.90. The van der Waals surface area contributed by atoms with Crippen molar-refractivity contribution in [3.05, 3.63) is 82.4 Å². The number of nitrogens with zero attached hydrogens (tertiary/aromatic N) is 4. The molecule has 1 amide bonds. The molecule has 0 radical (unpaired) electrons. The molecule has 0 N–H and O–H groups in total. The van der Waals surface area contributed by atoms with Gasteiger partial charge in [0.05, 0.1) is 12.0 Å². The van der Waals surface area contributed by atoms with Crippen molar-refractivity contribution in [3.63, 3.8) is 0 Å². The molecule has 148 valence electrons. The van der Waals surface area contributed by atoms with Crippen LogP contribution in [0.2, 0.25) is 5.02 Å². The lowest BCUT2D eigenvalue weighted by Gasteiger charge is -2.36. The first kappa shape index (κ1) is 19.2. The van der Waals surface area contributed by atoms with Crippen LogP contribution in [0.25, 0.3) is 11.3 Å². The van der Waals surface area contributed by atoms with Crippen LogP contribution < -0.4 is 10.5 Å². The molecule has 0 unspecified atom stereocenters. The first-order valence-electron chi connectivity index (χ1n) is 9.50. The smallest absolute Gasteiger partial charge is 0.254 e. The third-order valence-corrected chi connectivity index (χ3v) is 5.33. The van der Waals surface area contributed by atoms with Crippen LogP contribution in [0.1, 0.15) is 0 Å². The molecule has 0 aliphatic carbocycles. The molecule has 0 atom stereocenters. The van der Waals surface area contributed by atoms with Crippen LogP contribution in [0, 0.1) is 0 Å². The summed E-state index contributed by atoms with van der Waals surface area (Å²) in [5, 5.41) is 0.625. The van der Waals surface area contributed by atoms with Gasteiger partial charge in [-0.2, -0.15) is 0 Å². The van der Waals surface area contributed by atoms with E-state index in [1.54, 1.807) is 17.0 Å². The van der Waals surface area contributed by atoms with E-state index in [1.165, 1.54) is 17.0 Å². The molecule has 29 heavy (non-hydrogen) atoms. The number of benzene rings is 2. The molecule has 6 nitrogen and oxygen atoms in total. The highest BCUT2D eigenvalue weighted by Crippen LogP contribution is 2.18. The van der Waals surface area contributed by atoms with E-state index in [2.05, 4.69) is 22.0 Å². The molecule has 1 aliphatic rings. The van der Waals surface area contributed by atoms with Gasteiger partial charge < -0.3 is 9.80 Å². The Hall–Kier alpha value is -3.12. The number of amides is 1. The van der Waals surface area contributed by atoms with Crippen molar-refractivity contribution in [2.24, 2.45) is 0 Å². The van der Waals surface area contributed by atoms with Gasteiger partial charge in [-0.1, -0.05) is 41.9 Å². The Morgan fingerprint density at radius 3 is 2.31 bits per heavy atom. The van der Waals surface area contributed by atoms with E-state index < -0.39 is 0 Å². The van der Waals surface area contributed by atoms with Gasteiger partial charge in [0.25, 0.3) is 5.56 Å². The predicted octanol–water partition coefficient (Wildman–Crippen LogP) is 2.91. The van der Waals surface area contributed by atoms with Crippen LogP contribution in [-0.2, 0) is 11.3 Å². The van der Waals surface area contributed by atoms with Crippen molar-refractivity contribution in [3.8, 4) is 11.3 Å². The number of rotatable bonds is 4. The zero-order chi connectivity index (χ0) is 20.2. The van der Waals surface area contributed by atoms with E-state index >= 15 is 0 Å². The van der Waals surface area contributed by atoms with Crippen LogP contribution in [0.3, 0.4) is 0 Å². The Balaban J connectivity index is 1.39. The number of aromatic nitrogens is 2. The maximum Gasteiger partial charge on any atom is 0.254 e. The van der Waals surface area contributed by atoms with E-state index in [0.29, 0.717) is 23.8 Å². The lowest BCUT2D eigenvalue weighted by Crippen LogP contribution is -2.50. The summed E-state index contributed by atoms with van der Waals surface area (Å²) in [5.41, 5.74) is 2.29. The van der Waals surface area contributed by atoms with Crippen molar-refractivity contribution < 1.29 is 4.79 Å². The Morgan fingerprint density at radius 2 is 1.66 bits per heavy atom. The summed E-state index contributed by atoms with van der Waals surface area (Å²) in [7, 11) is 0. The summed E-state index contributed by atoms with van der Waals surface area (Å²) in [6.07, 6.45) is 1.43. The highest BCUT2D eigenvalue weighted by atomic mass is 35.5. The first-order chi connectivity index (χ1) is 14.1. The van der Waals surface area contributed by atoms with E-state index in [1.807, 2.05) is 30.3 Å². The number of piperazine rings is 1. The van der Waals surface area contributed by atoms with Gasteiger partial charge >= 0.3 is 0 Å². The lowest BCUT2D eigenvalue weighted by molar-refractivity contribution is -0.132. The van der Waals surface area contributed by atoms with E-state index in [9.17, 15) is 9.59 Å². The highest BCUT2D eigenvalue weighted by molar-refractivity contribution is 6.30. The van der Waals surface area contributed by atoms with Crippen molar-refractivity contribution in [2.45, 2.75) is 6.54 Å². The summed E-state index contributed by atoms with van der Waals surface area (Å²) < 4.78 is 1.35. The Morgan fingerprint density at radius 1 is 0.966 bits per heavy atom. The van der Waals surface area contributed by atoms with Crippen LogP contribution in [0.5, 0.6) is 0 Å². The van der Waals surface area contributed by atoms with Crippen LogP contribution in [0.4, 0.5) is 5.69 Å². The number of hydrogen-bond acceptors (Lipinski definition) is 4. The monoisotopic (exact) mass is 408 g/mol. The molecule has 0 saturated carbocycles. The second-order valence-corrected chi connectivity index (χ2v) is 7.39. The SMILES string of the molecule is O=C(Cn1cnc(-c2ccc(Cl)cc2)cc1=O)N1CCN(c2ccccc2)CC1. The average Bonchev–Trinajstić information content (AvgIpc) is 2.76. The Labute approximate surface area is 174 Å². The predicted molar refractivity (Wildman–Crippen MR) is 114 cm³/mol. The molecule has 3 aromatic rings. The average molecular weight is 409 g/mol.